The molecule has 3 aliphatic rings. The number of rotatable bonds is 0. The van der Waals surface area contributed by atoms with Crippen LogP contribution in [0.4, 0.5) is 4.39 Å². The van der Waals surface area contributed by atoms with Crippen LogP contribution in [0.1, 0.15) is 31.7 Å². The quantitative estimate of drug-likeness (QED) is 0.735. The van der Waals surface area contributed by atoms with Crippen molar-refractivity contribution in [3.8, 4) is 5.75 Å². The average molecular weight is 288 g/mol. The lowest BCUT2D eigenvalue weighted by Gasteiger charge is -2.42. The summed E-state index contributed by atoms with van der Waals surface area (Å²) in [5.41, 5.74) is 1.23. The summed E-state index contributed by atoms with van der Waals surface area (Å²) in [6.45, 7) is 3.43. The SMILES string of the molecule is CC=C1CCCN2C1=NOC21CCOc2ccc(F)cc21. The second-order valence-electron chi connectivity index (χ2n) is 5.60. The van der Waals surface area contributed by atoms with E-state index in [0.29, 0.717) is 18.8 Å². The van der Waals surface area contributed by atoms with E-state index in [1.54, 1.807) is 6.07 Å². The highest BCUT2D eigenvalue weighted by Gasteiger charge is 2.52. The van der Waals surface area contributed by atoms with E-state index in [1.807, 2.05) is 6.92 Å². The van der Waals surface area contributed by atoms with E-state index >= 15 is 0 Å². The molecule has 3 aliphatic heterocycles. The first-order chi connectivity index (χ1) is 10.2. The number of oxime groups is 1. The molecule has 0 radical (unpaired) electrons. The van der Waals surface area contributed by atoms with Crippen LogP contribution in [0.2, 0.25) is 0 Å². The maximum Gasteiger partial charge on any atom is 0.244 e. The molecule has 110 valence electrons. The summed E-state index contributed by atoms with van der Waals surface area (Å²) in [4.78, 5) is 8.04. The minimum atomic E-state index is -0.709. The van der Waals surface area contributed by atoms with Gasteiger partial charge in [-0.2, -0.15) is 0 Å². The van der Waals surface area contributed by atoms with Crippen LogP contribution in [0.5, 0.6) is 5.75 Å². The summed E-state index contributed by atoms with van der Waals surface area (Å²) in [6, 6.07) is 4.60. The maximum atomic E-state index is 13.7. The highest BCUT2D eigenvalue weighted by molar-refractivity contribution is 5.99. The van der Waals surface area contributed by atoms with E-state index in [-0.39, 0.29) is 5.82 Å². The van der Waals surface area contributed by atoms with Gasteiger partial charge in [0.1, 0.15) is 11.6 Å². The molecule has 21 heavy (non-hydrogen) atoms. The topological polar surface area (TPSA) is 34.1 Å². The van der Waals surface area contributed by atoms with Crippen molar-refractivity contribution in [2.75, 3.05) is 13.2 Å². The molecule has 1 aromatic rings. The number of hydrogen-bond donors (Lipinski definition) is 0. The number of ether oxygens (including phenoxy) is 1. The standard InChI is InChI=1S/C16H17FN2O2/c1-2-11-4-3-8-19-15(11)18-21-16(19)7-9-20-14-6-5-12(17)10-13(14)16/h2,5-6,10H,3-4,7-9H2,1H3. The summed E-state index contributed by atoms with van der Waals surface area (Å²) < 4.78 is 19.4. The second kappa shape index (κ2) is 4.48. The number of nitrogens with zero attached hydrogens (tertiary/aromatic N) is 2. The minimum Gasteiger partial charge on any atom is -0.493 e. The molecule has 0 saturated carbocycles. The van der Waals surface area contributed by atoms with Gasteiger partial charge in [0.15, 0.2) is 5.84 Å². The van der Waals surface area contributed by atoms with E-state index in [0.717, 1.165) is 30.8 Å². The number of allylic oxidation sites excluding steroid dienone is 1. The highest BCUT2D eigenvalue weighted by Crippen LogP contribution is 2.47. The van der Waals surface area contributed by atoms with Gasteiger partial charge in [-0.1, -0.05) is 11.2 Å². The fraction of sp³-hybridized carbons (Fsp3) is 0.438. The Hall–Kier alpha value is -2.04. The van der Waals surface area contributed by atoms with Gasteiger partial charge in [0.2, 0.25) is 5.72 Å². The van der Waals surface area contributed by atoms with Gasteiger partial charge in [0, 0.05) is 13.0 Å². The highest BCUT2D eigenvalue weighted by atomic mass is 19.1. The number of fused-ring (bicyclic) bond motifs is 4. The molecule has 1 aromatic carbocycles. The number of benzene rings is 1. The average Bonchev–Trinajstić information content (AvgIpc) is 2.88. The minimum absolute atomic E-state index is 0.279. The molecule has 1 unspecified atom stereocenters. The summed E-state index contributed by atoms with van der Waals surface area (Å²) in [6.07, 6.45) is 4.79. The number of halogens is 1. The van der Waals surface area contributed by atoms with Crippen LogP contribution in [0.15, 0.2) is 35.0 Å². The van der Waals surface area contributed by atoms with Gasteiger partial charge < -0.3 is 14.5 Å². The predicted molar refractivity (Wildman–Crippen MR) is 76.4 cm³/mol. The molecule has 0 bridgehead atoms. The largest absolute Gasteiger partial charge is 0.493 e. The molecular weight excluding hydrogens is 271 g/mol. The van der Waals surface area contributed by atoms with Gasteiger partial charge in [0.25, 0.3) is 0 Å². The lowest BCUT2D eigenvalue weighted by Crippen LogP contribution is -2.51. The van der Waals surface area contributed by atoms with Crippen molar-refractivity contribution in [1.82, 2.24) is 4.90 Å². The molecule has 0 N–H and O–H groups in total. The summed E-state index contributed by atoms with van der Waals surface area (Å²) in [7, 11) is 0. The van der Waals surface area contributed by atoms with Crippen LogP contribution < -0.4 is 4.74 Å². The van der Waals surface area contributed by atoms with Crippen LogP contribution in [-0.2, 0) is 10.6 Å². The molecule has 0 aromatic heterocycles. The zero-order valence-electron chi connectivity index (χ0n) is 11.9. The Morgan fingerprint density at radius 1 is 1.43 bits per heavy atom. The van der Waals surface area contributed by atoms with Crippen molar-refractivity contribution in [3.63, 3.8) is 0 Å². The molecule has 4 nitrogen and oxygen atoms in total. The number of hydrogen-bond acceptors (Lipinski definition) is 4. The third-order valence-corrected chi connectivity index (χ3v) is 4.50. The number of amidine groups is 1. The van der Waals surface area contributed by atoms with Crippen LogP contribution in [0.25, 0.3) is 0 Å². The van der Waals surface area contributed by atoms with Gasteiger partial charge in [-0.25, -0.2) is 4.39 Å². The molecule has 0 amide bonds. The Kier molecular flexibility index (Phi) is 2.71. The molecule has 4 rings (SSSR count). The molecule has 0 aliphatic carbocycles. The summed E-state index contributed by atoms with van der Waals surface area (Å²) in [5.74, 6) is 1.30. The third kappa shape index (κ3) is 1.69. The van der Waals surface area contributed by atoms with E-state index in [4.69, 9.17) is 9.57 Å². The summed E-state index contributed by atoms with van der Waals surface area (Å²) in [5, 5.41) is 4.31. The van der Waals surface area contributed by atoms with Crippen molar-refractivity contribution < 1.29 is 14.0 Å². The molecule has 1 fully saturated rings. The van der Waals surface area contributed by atoms with Crippen molar-refractivity contribution >= 4 is 5.84 Å². The van der Waals surface area contributed by atoms with Gasteiger partial charge in [-0.15, -0.1) is 0 Å². The van der Waals surface area contributed by atoms with Crippen molar-refractivity contribution in [2.45, 2.75) is 31.9 Å². The molecule has 1 atom stereocenters. The molecule has 5 heteroatoms. The first-order valence-corrected chi connectivity index (χ1v) is 7.37. The Morgan fingerprint density at radius 3 is 3.19 bits per heavy atom. The molecular formula is C16H17FN2O2. The van der Waals surface area contributed by atoms with Crippen LogP contribution in [0.3, 0.4) is 0 Å². The Morgan fingerprint density at radius 2 is 2.33 bits per heavy atom. The van der Waals surface area contributed by atoms with Gasteiger partial charge in [-0.05, 0) is 43.5 Å². The zero-order valence-corrected chi connectivity index (χ0v) is 11.9. The van der Waals surface area contributed by atoms with Gasteiger partial charge in [0.05, 0.1) is 12.2 Å². The number of piperidine rings is 1. The fourth-order valence-electron chi connectivity index (χ4n) is 3.46. The Labute approximate surface area is 122 Å². The second-order valence-corrected chi connectivity index (χ2v) is 5.60. The fourth-order valence-corrected chi connectivity index (χ4v) is 3.46. The van der Waals surface area contributed by atoms with Gasteiger partial charge in [-0.3, -0.25) is 0 Å². The van der Waals surface area contributed by atoms with Crippen LogP contribution in [0, 0.1) is 5.82 Å². The smallest absolute Gasteiger partial charge is 0.244 e. The Balaban J connectivity index is 1.83. The monoisotopic (exact) mass is 288 g/mol. The lowest BCUT2D eigenvalue weighted by atomic mass is 9.91. The molecule has 1 saturated heterocycles. The van der Waals surface area contributed by atoms with E-state index in [9.17, 15) is 4.39 Å². The van der Waals surface area contributed by atoms with Crippen LogP contribution in [-0.4, -0.2) is 23.9 Å². The first kappa shape index (κ1) is 12.7. The Bertz CT molecular complexity index is 656. The normalized spacial score (nSPS) is 28.8. The summed E-state index contributed by atoms with van der Waals surface area (Å²) >= 11 is 0. The molecule has 3 heterocycles. The lowest BCUT2D eigenvalue weighted by molar-refractivity contribution is -0.128. The first-order valence-electron chi connectivity index (χ1n) is 7.37. The van der Waals surface area contributed by atoms with E-state index in [1.165, 1.54) is 17.7 Å². The van der Waals surface area contributed by atoms with Crippen molar-refractivity contribution in [1.29, 1.82) is 0 Å². The van der Waals surface area contributed by atoms with Gasteiger partial charge >= 0.3 is 0 Å². The van der Waals surface area contributed by atoms with E-state index < -0.39 is 5.72 Å². The van der Waals surface area contributed by atoms with E-state index in [2.05, 4.69) is 16.1 Å². The maximum absolute atomic E-state index is 13.7. The van der Waals surface area contributed by atoms with Crippen molar-refractivity contribution in [2.24, 2.45) is 5.16 Å². The zero-order chi connectivity index (χ0) is 14.4. The predicted octanol–water partition coefficient (Wildman–Crippen LogP) is 3.15. The molecule has 1 spiro atoms. The van der Waals surface area contributed by atoms with Crippen molar-refractivity contribution in [3.05, 3.63) is 41.2 Å². The van der Waals surface area contributed by atoms with Crippen LogP contribution >= 0.6 is 0 Å². The third-order valence-electron chi connectivity index (χ3n) is 4.50.